The van der Waals surface area contributed by atoms with E-state index in [0.29, 0.717) is 24.1 Å². The van der Waals surface area contributed by atoms with E-state index in [4.69, 9.17) is 17.3 Å². The van der Waals surface area contributed by atoms with Gasteiger partial charge in [-0.15, -0.1) is 0 Å². The van der Waals surface area contributed by atoms with Gasteiger partial charge in [0.2, 0.25) is 10.0 Å². The van der Waals surface area contributed by atoms with Gasteiger partial charge in [0.25, 0.3) is 0 Å². The van der Waals surface area contributed by atoms with E-state index in [1.807, 2.05) is 0 Å². The first-order valence-corrected chi connectivity index (χ1v) is 8.81. The van der Waals surface area contributed by atoms with Crippen molar-refractivity contribution >= 4 is 27.3 Å². The first-order chi connectivity index (χ1) is 9.40. The van der Waals surface area contributed by atoms with E-state index in [9.17, 15) is 8.42 Å². The molecule has 0 amide bonds. The number of hydrogen-bond acceptors (Lipinski definition) is 3. The Morgan fingerprint density at radius 1 is 1.35 bits per heavy atom. The Morgan fingerprint density at radius 2 is 2.05 bits per heavy atom. The van der Waals surface area contributed by atoms with Crippen LogP contribution in [-0.2, 0) is 10.0 Å². The molecule has 0 aliphatic heterocycles. The van der Waals surface area contributed by atoms with Crippen LogP contribution in [0.1, 0.15) is 32.6 Å². The van der Waals surface area contributed by atoms with Crippen molar-refractivity contribution in [2.24, 2.45) is 11.8 Å². The average molecular weight is 317 g/mol. The normalized spacial score (nSPS) is 23.7. The van der Waals surface area contributed by atoms with Crippen LogP contribution in [0.2, 0.25) is 5.02 Å². The quantitative estimate of drug-likeness (QED) is 0.839. The summed E-state index contributed by atoms with van der Waals surface area (Å²) in [5.74, 6) is 0.990. The first kappa shape index (κ1) is 15.6. The molecular formula is C14H21ClN2O2S. The number of halogens is 1. The topological polar surface area (TPSA) is 72.2 Å². The van der Waals surface area contributed by atoms with Crippen molar-refractivity contribution in [3.63, 3.8) is 0 Å². The largest absolute Gasteiger partial charge is 0.398 e. The van der Waals surface area contributed by atoms with Gasteiger partial charge in [-0.1, -0.05) is 37.8 Å². The zero-order valence-corrected chi connectivity index (χ0v) is 13.2. The van der Waals surface area contributed by atoms with E-state index in [2.05, 4.69) is 11.6 Å². The number of nitrogen functional groups attached to an aromatic ring is 1. The minimum absolute atomic E-state index is 0.167. The van der Waals surface area contributed by atoms with Crippen LogP contribution in [0.15, 0.2) is 23.1 Å². The van der Waals surface area contributed by atoms with Gasteiger partial charge in [-0.3, -0.25) is 0 Å². The van der Waals surface area contributed by atoms with Gasteiger partial charge >= 0.3 is 0 Å². The summed E-state index contributed by atoms with van der Waals surface area (Å²) in [4.78, 5) is 0.167. The van der Waals surface area contributed by atoms with Gasteiger partial charge in [-0.25, -0.2) is 13.1 Å². The highest BCUT2D eigenvalue weighted by molar-refractivity contribution is 7.89. The van der Waals surface area contributed by atoms with Crippen molar-refractivity contribution in [2.75, 3.05) is 12.3 Å². The van der Waals surface area contributed by atoms with Crippen molar-refractivity contribution in [2.45, 2.75) is 37.5 Å². The third kappa shape index (κ3) is 3.65. The molecule has 2 rings (SSSR count). The summed E-state index contributed by atoms with van der Waals surface area (Å²) in [6.07, 6.45) is 4.70. The highest BCUT2D eigenvalue weighted by atomic mass is 35.5. The van der Waals surface area contributed by atoms with Crippen LogP contribution >= 0.6 is 11.6 Å². The Balaban J connectivity index is 2.05. The zero-order valence-electron chi connectivity index (χ0n) is 11.6. The lowest BCUT2D eigenvalue weighted by Crippen LogP contribution is -2.33. The van der Waals surface area contributed by atoms with Gasteiger partial charge in [-0.2, -0.15) is 0 Å². The minimum Gasteiger partial charge on any atom is -0.398 e. The molecule has 1 aliphatic rings. The van der Waals surface area contributed by atoms with Gasteiger partial charge in [0.15, 0.2) is 0 Å². The molecule has 3 N–H and O–H groups in total. The Kier molecular flexibility index (Phi) is 4.94. The van der Waals surface area contributed by atoms with E-state index in [0.717, 1.165) is 6.42 Å². The summed E-state index contributed by atoms with van der Waals surface area (Å²) in [7, 11) is -3.51. The maximum atomic E-state index is 12.2. The van der Waals surface area contributed by atoms with Crippen LogP contribution < -0.4 is 10.5 Å². The van der Waals surface area contributed by atoms with Crippen LogP contribution in [0.5, 0.6) is 0 Å². The molecule has 1 aromatic carbocycles. The molecule has 1 saturated carbocycles. The number of nitrogens with two attached hydrogens (primary N) is 1. The summed E-state index contributed by atoms with van der Waals surface area (Å²) < 4.78 is 27.2. The summed E-state index contributed by atoms with van der Waals surface area (Å²) in [5.41, 5.74) is 5.97. The van der Waals surface area contributed by atoms with Crippen molar-refractivity contribution in [1.29, 1.82) is 0 Å². The van der Waals surface area contributed by atoms with Crippen molar-refractivity contribution < 1.29 is 8.42 Å². The second kappa shape index (κ2) is 6.33. The van der Waals surface area contributed by atoms with E-state index in [1.54, 1.807) is 0 Å². The highest BCUT2D eigenvalue weighted by Crippen LogP contribution is 2.29. The van der Waals surface area contributed by atoms with Crippen LogP contribution in [0.25, 0.3) is 0 Å². The molecule has 1 aromatic rings. The molecule has 0 spiro atoms. The number of hydrogen-bond donors (Lipinski definition) is 2. The van der Waals surface area contributed by atoms with Crippen LogP contribution in [0.3, 0.4) is 0 Å². The summed E-state index contributed by atoms with van der Waals surface area (Å²) in [6, 6.07) is 4.39. The van der Waals surface area contributed by atoms with E-state index in [-0.39, 0.29) is 9.92 Å². The fourth-order valence-electron chi connectivity index (χ4n) is 2.67. The van der Waals surface area contributed by atoms with Crippen LogP contribution in [0.4, 0.5) is 5.69 Å². The molecule has 0 saturated heterocycles. The monoisotopic (exact) mass is 316 g/mol. The first-order valence-electron chi connectivity index (χ1n) is 6.95. The van der Waals surface area contributed by atoms with E-state index >= 15 is 0 Å². The highest BCUT2D eigenvalue weighted by Gasteiger charge is 2.23. The lowest BCUT2D eigenvalue weighted by atomic mass is 9.81. The van der Waals surface area contributed by atoms with Crippen molar-refractivity contribution in [3.05, 3.63) is 23.2 Å². The Labute approximate surface area is 125 Å². The molecule has 0 heterocycles. The lowest BCUT2D eigenvalue weighted by Gasteiger charge is -2.28. The Hall–Kier alpha value is -0.780. The molecule has 4 nitrogen and oxygen atoms in total. The Morgan fingerprint density at radius 3 is 2.70 bits per heavy atom. The second-order valence-electron chi connectivity index (χ2n) is 5.56. The average Bonchev–Trinajstić information content (AvgIpc) is 2.41. The number of benzene rings is 1. The maximum absolute atomic E-state index is 12.2. The molecule has 0 bridgehead atoms. The molecule has 2 atom stereocenters. The predicted molar refractivity (Wildman–Crippen MR) is 82.2 cm³/mol. The van der Waals surface area contributed by atoms with Gasteiger partial charge in [0.1, 0.15) is 0 Å². The summed E-state index contributed by atoms with van der Waals surface area (Å²) in [5, 5.41) is 0.263. The third-order valence-corrected chi connectivity index (χ3v) is 5.86. The van der Waals surface area contributed by atoms with Crippen molar-refractivity contribution in [1.82, 2.24) is 4.72 Å². The molecule has 0 radical (unpaired) electrons. The zero-order chi connectivity index (χ0) is 14.8. The fourth-order valence-corrected chi connectivity index (χ4v) is 4.04. The Bertz CT molecular complexity index is 575. The van der Waals surface area contributed by atoms with Gasteiger partial charge in [0, 0.05) is 6.54 Å². The van der Waals surface area contributed by atoms with E-state index in [1.165, 1.54) is 37.5 Å². The number of rotatable bonds is 4. The molecule has 2 unspecified atom stereocenters. The lowest BCUT2D eigenvalue weighted by molar-refractivity contribution is 0.257. The maximum Gasteiger partial charge on any atom is 0.240 e. The molecule has 6 heteroatoms. The van der Waals surface area contributed by atoms with Gasteiger partial charge < -0.3 is 5.73 Å². The minimum atomic E-state index is -3.51. The molecule has 1 aliphatic carbocycles. The molecular weight excluding hydrogens is 296 g/mol. The molecule has 112 valence electrons. The SMILES string of the molecule is CC1CCCCC1CNS(=O)(=O)c1ccc(N)c(Cl)c1. The molecule has 1 fully saturated rings. The summed E-state index contributed by atoms with van der Waals surface area (Å²) >= 11 is 5.87. The third-order valence-electron chi connectivity index (χ3n) is 4.11. The van der Waals surface area contributed by atoms with Gasteiger partial charge in [-0.05, 0) is 36.5 Å². The second-order valence-corrected chi connectivity index (χ2v) is 7.73. The van der Waals surface area contributed by atoms with Crippen LogP contribution in [-0.4, -0.2) is 15.0 Å². The van der Waals surface area contributed by atoms with E-state index < -0.39 is 10.0 Å². The number of nitrogens with one attached hydrogen (secondary N) is 1. The smallest absolute Gasteiger partial charge is 0.240 e. The molecule has 20 heavy (non-hydrogen) atoms. The van der Waals surface area contributed by atoms with Gasteiger partial charge in [0.05, 0.1) is 15.6 Å². The fraction of sp³-hybridized carbons (Fsp3) is 0.571. The summed E-state index contributed by atoms with van der Waals surface area (Å²) in [6.45, 7) is 2.68. The van der Waals surface area contributed by atoms with Crippen LogP contribution in [0, 0.1) is 11.8 Å². The van der Waals surface area contributed by atoms with Crippen molar-refractivity contribution in [3.8, 4) is 0 Å². The number of sulfonamides is 1. The standard InChI is InChI=1S/C14H21ClN2O2S/c1-10-4-2-3-5-11(10)9-17-20(18,19)12-6-7-14(16)13(15)8-12/h6-8,10-11,17H,2-5,9,16H2,1H3. The predicted octanol–water partition coefficient (Wildman–Crippen LogP) is 3.03. The molecule has 0 aromatic heterocycles. The number of anilines is 1.